The Morgan fingerprint density at radius 3 is 2.81 bits per heavy atom. The van der Waals surface area contributed by atoms with Gasteiger partial charge in [0.05, 0.1) is 0 Å². The first-order chi connectivity index (χ1) is 13.1. The summed E-state index contributed by atoms with van der Waals surface area (Å²) in [4.78, 5) is 39.2. The molecular formula is C20H24N2O5. The second-order valence-corrected chi connectivity index (χ2v) is 6.44. The van der Waals surface area contributed by atoms with Crippen molar-refractivity contribution in [3.8, 4) is 0 Å². The maximum Gasteiger partial charge on any atom is 0.417 e. The molecule has 2 aliphatic heterocycles. The molecule has 0 N–H and O–H groups in total. The van der Waals surface area contributed by atoms with Crippen molar-refractivity contribution in [1.82, 2.24) is 9.80 Å². The summed E-state index contributed by atoms with van der Waals surface area (Å²) >= 11 is 0. The predicted octanol–water partition coefficient (Wildman–Crippen LogP) is 2.64. The number of likely N-dealkylation sites (tertiary alicyclic amines) is 1. The van der Waals surface area contributed by atoms with Gasteiger partial charge in [-0.2, -0.15) is 0 Å². The Morgan fingerprint density at radius 1 is 1.30 bits per heavy atom. The third kappa shape index (κ3) is 4.36. The zero-order valence-corrected chi connectivity index (χ0v) is 15.4. The molecule has 1 aromatic carbocycles. The van der Waals surface area contributed by atoms with Gasteiger partial charge >= 0.3 is 6.09 Å². The predicted molar refractivity (Wildman–Crippen MR) is 97.5 cm³/mol. The molecule has 0 radical (unpaired) electrons. The number of hydrogen-bond acceptors (Lipinski definition) is 5. The Morgan fingerprint density at radius 2 is 2.07 bits per heavy atom. The summed E-state index contributed by atoms with van der Waals surface area (Å²) < 4.78 is 10.6. The third-order valence-electron chi connectivity index (χ3n) is 4.72. The van der Waals surface area contributed by atoms with Gasteiger partial charge in [0.15, 0.2) is 0 Å². The second-order valence-electron chi connectivity index (χ2n) is 6.44. The summed E-state index contributed by atoms with van der Waals surface area (Å²) in [5, 5.41) is 0. The van der Waals surface area contributed by atoms with Crippen LogP contribution in [0.2, 0.25) is 0 Å². The van der Waals surface area contributed by atoms with Gasteiger partial charge in [-0.1, -0.05) is 36.4 Å². The van der Waals surface area contributed by atoms with E-state index in [0.717, 1.165) is 10.5 Å². The summed E-state index contributed by atoms with van der Waals surface area (Å²) in [5.41, 5.74) is 0.854. The third-order valence-corrected chi connectivity index (χ3v) is 4.72. The minimum Gasteiger partial charge on any atom is -0.446 e. The molecule has 0 aliphatic carbocycles. The highest BCUT2D eigenvalue weighted by Crippen LogP contribution is 2.28. The molecule has 0 bridgehead atoms. The van der Waals surface area contributed by atoms with Gasteiger partial charge in [-0.05, 0) is 25.0 Å². The van der Waals surface area contributed by atoms with E-state index in [1.54, 1.807) is 11.0 Å². The number of benzene rings is 1. The molecule has 7 nitrogen and oxygen atoms in total. The van der Waals surface area contributed by atoms with Crippen LogP contribution in [0.25, 0.3) is 0 Å². The largest absolute Gasteiger partial charge is 0.446 e. The molecule has 1 aromatic rings. The first-order valence-corrected chi connectivity index (χ1v) is 9.24. The molecule has 3 rings (SSSR count). The van der Waals surface area contributed by atoms with Gasteiger partial charge in [0.2, 0.25) is 5.91 Å². The van der Waals surface area contributed by atoms with Crippen molar-refractivity contribution in [1.29, 1.82) is 0 Å². The molecule has 3 amide bonds. The molecule has 0 aromatic heterocycles. The molecule has 2 saturated heterocycles. The van der Waals surface area contributed by atoms with Crippen LogP contribution in [0.3, 0.4) is 0 Å². The molecule has 0 spiro atoms. The molecular weight excluding hydrogens is 348 g/mol. The topological polar surface area (TPSA) is 76.2 Å². The van der Waals surface area contributed by atoms with Gasteiger partial charge in [0.25, 0.3) is 5.91 Å². The number of carbonyl (C=O) groups excluding carboxylic acids is 3. The Labute approximate surface area is 158 Å². The van der Waals surface area contributed by atoms with E-state index in [0.29, 0.717) is 32.4 Å². The highest BCUT2D eigenvalue weighted by molar-refractivity contribution is 5.99. The zero-order valence-electron chi connectivity index (χ0n) is 15.4. The van der Waals surface area contributed by atoms with Crippen molar-refractivity contribution in [2.45, 2.75) is 38.5 Å². The molecule has 2 heterocycles. The quantitative estimate of drug-likeness (QED) is 0.688. The highest BCUT2D eigenvalue weighted by atomic mass is 16.6. The van der Waals surface area contributed by atoms with Gasteiger partial charge in [-0.25, -0.2) is 9.69 Å². The smallest absolute Gasteiger partial charge is 0.417 e. The van der Waals surface area contributed by atoms with E-state index in [9.17, 15) is 14.4 Å². The van der Waals surface area contributed by atoms with Crippen LogP contribution in [-0.2, 0) is 19.1 Å². The molecule has 0 saturated carbocycles. The first kappa shape index (κ1) is 19.1. The van der Waals surface area contributed by atoms with Gasteiger partial charge in [0.1, 0.15) is 18.9 Å². The number of rotatable bonds is 7. The standard InChI is InChI=1S/C20H24N2O5/c1-2-26-19-12-11-17(23)21(19)13-7-6-10-18(24)22-16(14-27-20(22)25)15-8-4-3-5-9-15/h3-6,8-10,16,19H,2,7,11-14H2,1H3/b10-6+/t16-,19?/m1/s1. The zero-order chi connectivity index (χ0) is 19.2. The van der Waals surface area contributed by atoms with Crippen molar-refractivity contribution in [3.63, 3.8) is 0 Å². The van der Waals surface area contributed by atoms with E-state index >= 15 is 0 Å². The van der Waals surface area contributed by atoms with E-state index in [4.69, 9.17) is 9.47 Å². The fraction of sp³-hybridized carbons (Fsp3) is 0.450. The number of amides is 3. The molecule has 7 heteroatoms. The van der Waals surface area contributed by atoms with Gasteiger partial charge < -0.3 is 14.4 Å². The molecule has 144 valence electrons. The van der Waals surface area contributed by atoms with E-state index in [1.807, 2.05) is 37.3 Å². The maximum absolute atomic E-state index is 12.5. The average molecular weight is 372 g/mol. The van der Waals surface area contributed by atoms with Crippen LogP contribution < -0.4 is 0 Å². The second kappa shape index (κ2) is 8.81. The van der Waals surface area contributed by atoms with Crippen molar-refractivity contribution in [2.24, 2.45) is 0 Å². The minimum absolute atomic E-state index is 0.0699. The van der Waals surface area contributed by atoms with Crippen molar-refractivity contribution in [3.05, 3.63) is 48.0 Å². The Kier molecular flexibility index (Phi) is 6.24. The SMILES string of the molecule is CCOC1CCC(=O)N1CC/C=C/C(=O)N1C(=O)OC[C@@H]1c1ccccc1. The van der Waals surface area contributed by atoms with Crippen molar-refractivity contribution < 1.29 is 23.9 Å². The van der Waals surface area contributed by atoms with Crippen LogP contribution in [-0.4, -0.2) is 53.7 Å². The summed E-state index contributed by atoms with van der Waals surface area (Å²) in [6, 6.07) is 8.91. The van der Waals surface area contributed by atoms with Gasteiger partial charge in [-0.15, -0.1) is 0 Å². The summed E-state index contributed by atoms with van der Waals surface area (Å²) in [6.45, 7) is 3.10. The molecule has 2 atom stereocenters. The molecule has 2 aliphatic rings. The van der Waals surface area contributed by atoms with Crippen molar-refractivity contribution >= 4 is 17.9 Å². The lowest BCUT2D eigenvalue weighted by Crippen LogP contribution is -2.35. The fourth-order valence-corrected chi connectivity index (χ4v) is 3.41. The van der Waals surface area contributed by atoms with E-state index in [-0.39, 0.29) is 18.7 Å². The first-order valence-electron chi connectivity index (χ1n) is 9.24. The Hall–Kier alpha value is -2.67. The number of carbonyl (C=O) groups is 3. The van der Waals surface area contributed by atoms with E-state index in [1.165, 1.54) is 6.08 Å². The highest BCUT2D eigenvalue weighted by Gasteiger charge is 2.37. The molecule has 2 fully saturated rings. The lowest BCUT2D eigenvalue weighted by molar-refractivity contribution is -0.135. The van der Waals surface area contributed by atoms with Crippen molar-refractivity contribution in [2.75, 3.05) is 19.8 Å². The summed E-state index contributed by atoms with van der Waals surface area (Å²) in [7, 11) is 0. The lowest BCUT2D eigenvalue weighted by atomic mass is 10.1. The lowest BCUT2D eigenvalue weighted by Gasteiger charge is -2.23. The van der Waals surface area contributed by atoms with E-state index in [2.05, 4.69) is 0 Å². The molecule has 27 heavy (non-hydrogen) atoms. The number of ether oxygens (including phenoxy) is 2. The Bertz CT molecular complexity index is 718. The Balaban J connectivity index is 1.57. The number of nitrogens with zero attached hydrogens (tertiary/aromatic N) is 2. The van der Waals surface area contributed by atoms with Crippen LogP contribution in [0.5, 0.6) is 0 Å². The summed E-state index contributed by atoms with van der Waals surface area (Å²) in [6.07, 6.45) is 3.95. The van der Waals surface area contributed by atoms with Crippen LogP contribution in [0.1, 0.15) is 37.8 Å². The van der Waals surface area contributed by atoms with Crippen LogP contribution >= 0.6 is 0 Å². The fourth-order valence-electron chi connectivity index (χ4n) is 3.41. The number of imide groups is 1. The monoisotopic (exact) mass is 372 g/mol. The van der Waals surface area contributed by atoms with E-state index < -0.39 is 18.0 Å². The number of cyclic esters (lactones) is 1. The minimum atomic E-state index is -0.635. The van der Waals surface area contributed by atoms with Crippen LogP contribution in [0, 0.1) is 0 Å². The number of hydrogen-bond donors (Lipinski definition) is 0. The maximum atomic E-state index is 12.5. The van der Waals surface area contributed by atoms with Gasteiger partial charge in [0, 0.05) is 26.0 Å². The van der Waals surface area contributed by atoms with Crippen LogP contribution in [0.15, 0.2) is 42.5 Å². The van der Waals surface area contributed by atoms with Gasteiger partial charge in [-0.3, -0.25) is 9.59 Å². The molecule has 1 unspecified atom stereocenters. The normalized spacial score (nSPS) is 22.7. The average Bonchev–Trinajstić information content (AvgIpc) is 3.23. The van der Waals surface area contributed by atoms with Crippen LogP contribution in [0.4, 0.5) is 4.79 Å². The summed E-state index contributed by atoms with van der Waals surface area (Å²) in [5.74, 6) is -0.346.